The molecule has 0 unspecified atom stereocenters. The normalized spacial score (nSPS) is 10.4. The maximum Gasteiger partial charge on any atom is 0.338 e. The van der Waals surface area contributed by atoms with Crippen LogP contribution in [0, 0.1) is 0 Å². The number of aromatic nitrogens is 2. The Balaban J connectivity index is 1.60. The van der Waals surface area contributed by atoms with Gasteiger partial charge in [0.05, 0.1) is 25.8 Å². The molecule has 0 aliphatic rings. The van der Waals surface area contributed by atoms with E-state index in [0.29, 0.717) is 30.5 Å². The summed E-state index contributed by atoms with van der Waals surface area (Å²) in [6.07, 6.45) is 0. The number of benzene rings is 2. The fourth-order valence-electron chi connectivity index (χ4n) is 2.29. The van der Waals surface area contributed by atoms with Crippen LogP contribution in [0.1, 0.15) is 23.2 Å². The van der Waals surface area contributed by atoms with Gasteiger partial charge in [-0.1, -0.05) is 0 Å². The number of methoxy groups -OCH3 is 1. The van der Waals surface area contributed by atoms with Crippen molar-refractivity contribution in [2.45, 2.75) is 13.5 Å². The summed E-state index contributed by atoms with van der Waals surface area (Å²) in [6, 6.07) is 14.4. The molecule has 3 rings (SSSR count). The van der Waals surface area contributed by atoms with E-state index >= 15 is 0 Å². The quantitative estimate of drug-likeness (QED) is 0.650. The summed E-state index contributed by atoms with van der Waals surface area (Å²) < 4.78 is 15.7. The van der Waals surface area contributed by atoms with Crippen LogP contribution in [0.4, 0.5) is 5.69 Å². The average Bonchev–Trinajstić information content (AvgIpc) is 3.16. The number of carbonyl (C=O) groups is 1. The van der Waals surface area contributed by atoms with Crippen molar-refractivity contribution in [3.63, 3.8) is 0 Å². The highest BCUT2D eigenvalue weighted by Crippen LogP contribution is 2.21. The first-order chi connectivity index (χ1) is 12.7. The lowest BCUT2D eigenvalue weighted by atomic mass is 10.2. The summed E-state index contributed by atoms with van der Waals surface area (Å²) in [4.78, 5) is 11.6. The molecular formula is C19H19N3O4. The van der Waals surface area contributed by atoms with Crippen molar-refractivity contribution >= 4 is 11.7 Å². The number of nitrogens with zero attached hydrogens (tertiary/aromatic N) is 2. The Morgan fingerprint density at radius 1 is 1.08 bits per heavy atom. The number of hydrogen-bond donors (Lipinski definition) is 1. The van der Waals surface area contributed by atoms with Crippen LogP contribution in [0.25, 0.3) is 11.5 Å². The van der Waals surface area contributed by atoms with Crippen LogP contribution in [-0.4, -0.2) is 29.9 Å². The molecular weight excluding hydrogens is 334 g/mol. The SMILES string of the molecule is CCOC(=O)c1ccc(NCc2nnc(-c3ccc(OC)cc3)o2)cc1. The molecule has 1 N–H and O–H groups in total. The smallest absolute Gasteiger partial charge is 0.338 e. The maximum absolute atomic E-state index is 11.6. The van der Waals surface area contributed by atoms with Crippen LogP contribution < -0.4 is 10.1 Å². The van der Waals surface area contributed by atoms with Crippen molar-refractivity contribution in [2.75, 3.05) is 19.0 Å². The van der Waals surface area contributed by atoms with Gasteiger partial charge in [-0.15, -0.1) is 10.2 Å². The molecule has 0 bridgehead atoms. The zero-order valence-corrected chi connectivity index (χ0v) is 14.6. The average molecular weight is 353 g/mol. The van der Waals surface area contributed by atoms with E-state index in [1.54, 1.807) is 38.3 Å². The van der Waals surface area contributed by atoms with Gasteiger partial charge in [-0.05, 0) is 55.5 Å². The van der Waals surface area contributed by atoms with Crippen molar-refractivity contribution < 1.29 is 18.7 Å². The standard InChI is InChI=1S/C19H19N3O4/c1-3-25-19(23)14-4-8-15(9-5-14)20-12-17-21-22-18(26-17)13-6-10-16(24-2)11-7-13/h4-11,20H,3,12H2,1-2H3. The minimum atomic E-state index is -0.333. The van der Waals surface area contributed by atoms with E-state index in [4.69, 9.17) is 13.9 Å². The van der Waals surface area contributed by atoms with Crippen molar-refractivity contribution in [1.29, 1.82) is 0 Å². The first-order valence-electron chi connectivity index (χ1n) is 8.17. The Labute approximate surface area is 151 Å². The lowest BCUT2D eigenvalue weighted by molar-refractivity contribution is 0.0526. The summed E-state index contributed by atoms with van der Waals surface area (Å²) in [5.41, 5.74) is 2.17. The molecule has 0 atom stereocenters. The number of anilines is 1. The minimum Gasteiger partial charge on any atom is -0.497 e. The van der Waals surface area contributed by atoms with Gasteiger partial charge < -0.3 is 19.2 Å². The lowest BCUT2D eigenvalue weighted by Gasteiger charge is -2.05. The zero-order chi connectivity index (χ0) is 18.4. The van der Waals surface area contributed by atoms with Gasteiger partial charge in [0.1, 0.15) is 5.75 Å². The van der Waals surface area contributed by atoms with Crippen LogP contribution in [0.2, 0.25) is 0 Å². The number of rotatable bonds is 7. The van der Waals surface area contributed by atoms with Gasteiger partial charge in [-0.3, -0.25) is 0 Å². The Kier molecular flexibility index (Phi) is 5.48. The van der Waals surface area contributed by atoms with Crippen molar-refractivity contribution in [1.82, 2.24) is 10.2 Å². The highest BCUT2D eigenvalue weighted by Gasteiger charge is 2.09. The van der Waals surface area contributed by atoms with Crippen LogP contribution in [0.3, 0.4) is 0 Å². The fraction of sp³-hybridized carbons (Fsp3) is 0.211. The predicted octanol–water partition coefficient (Wildman–Crippen LogP) is 3.53. The first-order valence-corrected chi connectivity index (χ1v) is 8.17. The molecule has 7 nitrogen and oxygen atoms in total. The molecule has 3 aromatic rings. The van der Waals surface area contributed by atoms with Gasteiger partial charge >= 0.3 is 5.97 Å². The van der Waals surface area contributed by atoms with Crippen molar-refractivity contribution in [3.05, 3.63) is 60.0 Å². The Morgan fingerprint density at radius 3 is 2.46 bits per heavy atom. The fourth-order valence-corrected chi connectivity index (χ4v) is 2.29. The minimum absolute atomic E-state index is 0.333. The van der Waals surface area contributed by atoms with Crippen molar-refractivity contribution in [2.24, 2.45) is 0 Å². The number of ether oxygens (including phenoxy) is 2. The maximum atomic E-state index is 11.6. The molecule has 1 aromatic heterocycles. The predicted molar refractivity (Wildman–Crippen MR) is 96.0 cm³/mol. The largest absolute Gasteiger partial charge is 0.497 e. The summed E-state index contributed by atoms with van der Waals surface area (Å²) in [6.45, 7) is 2.51. The van der Waals surface area contributed by atoms with Gasteiger partial charge in [-0.25, -0.2) is 4.79 Å². The molecule has 134 valence electrons. The highest BCUT2D eigenvalue weighted by molar-refractivity contribution is 5.89. The molecule has 0 radical (unpaired) electrons. The summed E-state index contributed by atoms with van der Waals surface area (Å²) in [7, 11) is 1.62. The van der Waals surface area contributed by atoms with Crippen LogP contribution in [0.15, 0.2) is 52.9 Å². The van der Waals surface area contributed by atoms with Crippen LogP contribution in [-0.2, 0) is 11.3 Å². The van der Waals surface area contributed by atoms with E-state index < -0.39 is 0 Å². The summed E-state index contributed by atoms with van der Waals surface area (Å²) in [5, 5.41) is 11.3. The van der Waals surface area contributed by atoms with E-state index in [1.807, 2.05) is 24.3 Å². The molecule has 0 fully saturated rings. The second kappa shape index (κ2) is 8.15. The zero-order valence-electron chi connectivity index (χ0n) is 14.6. The molecule has 0 aliphatic heterocycles. The van der Waals surface area contributed by atoms with E-state index in [-0.39, 0.29) is 5.97 Å². The highest BCUT2D eigenvalue weighted by atomic mass is 16.5. The third kappa shape index (κ3) is 4.18. The third-order valence-corrected chi connectivity index (χ3v) is 3.64. The topological polar surface area (TPSA) is 86.5 Å². The number of esters is 1. The number of nitrogens with one attached hydrogen (secondary N) is 1. The van der Waals surface area contributed by atoms with Crippen molar-refractivity contribution in [3.8, 4) is 17.2 Å². The molecule has 0 aliphatic carbocycles. The Morgan fingerprint density at radius 2 is 1.81 bits per heavy atom. The Hall–Kier alpha value is -3.35. The second-order valence-electron chi connectivity index (χ2n) is 5.38. The molecule has 0 saturated heterocycles. The summed E-state index contributed by atoms with van der Waals surface area (Å²) >= 11 is 0. The van der Waals surface area contributed by atoms with Gasteiger partial charge in [-0.2, -0.15) is 0 Å². The first kappa shape index (κ1) is 17.5. The van der Waals surface area contributed by atoms with Gasteiger partial charge in [0.25, 0.3) is 0 Å². The van der Waals surface area contributed by atoms with Crippen LogP contribution in [0.5, 0.6) is 5.75 Å². The summed E-state index contributed by atoms with van der Waals surface area (Å²) in [5.74, 6) is 1.34. The molecule has 2 aromatic carbocycles. The molecule has 0 saturated carbocycles. The third-order valence-electron chi connectivity index (χ3n) is 3.64. The lowest BCUT2D eigenvalue weighted by Crippen LogP contribution is -2.05. The van der Waals surface area contributed by atoms with Gasteiger partial charge in [0.15, 0.2) is 0 Å². The second-order valence-corrected chi connectivity index (χ2v) is 5.38. The molecule has 0 amide bonds. The monoisotopic (exact) mass is 353 g/mol. The molecule has 0 spiro atoms. The Bertz CT molecular complexity index is 857. The number of carbonyl (C=O) groups excluding carboxylic acids is 1. The van der Waals surface area contributed by atoms with Crippen LogP contribution >= 0.6 is 0 Å². The van der Waals surface area contributed by atoms with E-state index in [1.165, 1.54) is 0 Å². The van der Waals surface area contributed by atoms with Gasteiger partial charge in [0, 0.05) is 11.3 Å². The number of hydrogen-bond acceptors (Lipinski definition) is 7. The van der Waals surface area contributed by atoms with Gasteiger partial charge in [0.2, 0.25) is 11.8 Å². The van der Waals surface area contributed by atoms with E-state index in [9.17, 15) is 4.79 Å². The van der Waals surface area contributed by atoms with E-state index in [2.05, 4.69) is 15.5 Å². The molecule has 1 heterocycles. The molecule has 26 heavy (non-hydrogen) atoms. The van der Waals surface area contributed by atoms with E-state index in [0.717, 1.165) is 17.0 Å². The molecule has 7 heteroatoms.